The molecular formula is C18H24N4O2. The first-order valence-corrected chi connectivity index (χ1v) is 8.30. The van der Waals surface area contributed by atoms with Gasteiger partial charge in [0.2, 0.25) is 0 Å². The van der Waals surface area contributed by atoms with E-state index in [1.165, 1.54) is 0 Å². The highest BCUT2D eigenvalue weighted by atomic mass is 16.5. The van der Waals surface area contributed by atoms with Crippen molar-refractivity contribution < 1.29 is 9.53 Å². The van der Waals surface area contributed by atoms with E-state index in [9.17, 15) is 4.79 Å². The number of aromatic nitrogens is 2. The Kier molecular flexibility index (Phi) is 4.85. The molecule has 1 N–H and O–H groups in total. The van der Waals surface area contributed by atoms with Gasteiger partial charge in [-0.2, -0.15) is 5.10 Å². The Morgan fingerprint density at radius 2 is 2.08 bits per heavy atom. The third-order valence-electron chi connectivity index (χ3n) is 4.53. The number of rotatable bonds is 3. The maximum Gasteiger partial charge on any atom is 0.318 e. The van der Waals surface area contributed by atoms with Crippen LogP contribution in [0.3, 0.4) is 0 Å². The highest BCUT2D eigenvalue weighted by Gasteiger charge is 2.29. The van der Waals surface area contributed by atoms with Gasteiger partial charge >= 0.3 is 6.03 Å². The maximum atomic E-state index is 12.5. The lowest BCUT2D eigenvalue weighted by Gasteiger charge is -2.37. The lowest BCUT2D eigenvalue weighted by atomic mass is 10.1. The molecule has 0 bridgehead atoms. The molecule has 1 aliphatic rings. The van der Waals surface area contributed by atoms with Gasteiger partial charge in [-0.25, -0.2) is 4.79 Å². The summed E-state index contributed by atoms with van der Waals surface area (Å²) in [6, 6.07) is 10.0. The number of nitrogens with one attached hydrogen (secondary N) is 1. The van der Waals surface area contributed by atoms with Crippen LogP contribution in [-0.4, -0.2) is 46.0 Å². The second kappa shape index (κ2) is 7.05. The molecule has 0 aliphatic carbocycles. The molecule has 6 heteroatoms. The van der Waals surface area contributed by atoms with Gasteiger partial charge in [0.1, 0.15) is 0 Å². The molecule has 2 heterocycles. The number of ether oxygens (including phenoxy) is 1. The largest absolute Gasteiger partial charge is 0.375 e. The van der Waals surface area contributed by atoms with Crippen molar-refractivity contribution in [2.75, 3.05) is 13.2 Å². The first-order chi connectivity index (χ1) is 11.6. The molecule has 3 rings (SSSR count). The van der Waals surface area contributed by atoms with Crippen molar-refractivity contribution >= 4 is 6.03 Å². The average Bonchev–Trinajstić information content (AvgIpc) is 2.97. The third-order valence-corrected chi connectivity index (χ3v) is 4.53. The van der Waals surface area contributed by atoms with Gasteiger partial charge in [-0.15, -0.1) is 0 Å². The molecule has 0 spiro atoms. The summed E-state index contributed by atoms with van der Waals surface area (Å²) in [7, 11) is 1.89. The molecule has 1 aliphatic heterocycles. The Morgan fingerprint density at radius 1 is 1.33 bits per heavy atom. The standard InChI is InChI=1S/C18H24N4O2/c1-13-14(2)24-10-9-22(13)18(23)19-11-16-12-21(3)20-17(16)15-7-5-4-6-8-15/h4-8,12-14H,9-11H2,1-3H3,(H,19,23)/t13-,14-/m1/s1. The smallest absolute Gasteiger partial charge is 0.318 e. The number of carbonyl (C=O) groups is 1. The molecule has 2 amide bonds. The molecule has 24 heavy (non-hydrogen) atoms. The topological polar surface area (TPSA) is 59.4 Å². The van der Waals surface area contributed by atoms with Crippen LogP contribution >= 0.6 is 0 Å². The van der Waals surface area contributed by atoms with E-state index >= 15 is 0 Å². The van der Waals surface area contributed by atoms with Crippen molar-refractivity contribution in [1.29, 1.82) is 0 Å². The zero-order valence-corrected chi connectivity index (χ0v) is 14.4. The monoisotopic (exact) mass is 328 g/mol. The van der Waals surface area contributed by atoms with E-state index in [-0.39, 0.29) is 18.2 Å². The van der Waals surface area contributed by atoms with E-state index < -0.39 is 0 Å². The molecule has 0 unspecified atom stereocenters. The summed E-state index contributed by atoms with van der Waals surface area (Å²) < 4.78 is 7.36. The van der Waals surface area contributed by atoms with E-state index in [1.54, 1.807) is 4.68 Å². The third kappa shape index (κ3) is 3.43. The summed E-state index contributed by atoms with van der Waals surface area (Å²) in [6.45, 7) is 5.67. The summed E-state index contributed by atoms with van der Waals surface area (Å²) in [5.41, 5.74) is 2.96. The Balaban J connectivity index is 1.70. The minimum absolute atomic E-state index is 0.0551. The van der Waals surface area contributed by atoms with Gasteiger partial charge in [0.05, 0.1) is 24.4 Å². The highest BCUT2D eigenvalue weighted by Crippen LogP contribution is 2.21. The van der Waals surface area contributed by atoms with Crippen LogP contribution in [0, 0.1) is 0 Å². The summed E-state index contributed by atoms with van der Waals surface area (Å²) in [6.07, 6.45) is 2.01. The van der Waals surface area contributed by atoms with Crippen LogP contribution in [-0.2, 0) is 18.3 Å². The highest BCUT2D eigenvalue weighted by molar-refractivity contribution is 5.75. The summed E-state index contributed by atoms with van der Waals surface area (Å²) in [5.74, 6) is 0. The normalized spacial score (nSPS) is 20.9. The molecule has 1 saturated heterocycles. The van der Waals surface area contributed by atoms with Crippen LogP contribution in [0.4, 0.5) is 4.79 Å². The number of amides is 2. The minimum Gasteiger partial charge on any atom is -0.375 e. The number of urea groups is 1. The lowest BCUT2D eigenvalue weighted by Crippen LogP contribution is -2.54. The summed E-state index contributed by atoms with van der Waals surface area (Å²) in [5, 5.41) is 7.55. The van der Waals surface area contributed by atoms with Crippen molar-refractivity contribution in [3.63, 3.8) is 0 Å². The van der Waals surface area contributed by atoms with E-state index in [1.807, 2.05) is 62.3 Å². The molecule has 1 aromatic heterocycles. The van der Waals surface area contributed by atoms with Crippen molar-refractivity contribution in [3.8, 4) is 11.3 Å². The van der Waals surface area contributed by atoms with Gasteiger partial charge in [0, 0.05) is 37.5 Å². The molecule has 1 aromatic carbocycles. The molecule has 2 atom stereocenters. The molecule has 0 saturated carbocycles. The predicted molar refractivity (Wildman–Crippen MR) is 92.5 cm³/mol. The first kappa shape index (κ1) is 16.5. The molecule has 2 aromatic rings. The molecule has 1 fully saturated rings. The zero-order chi connectivity index (χ0) is 17.1. The number of morpholine rings is 1. The van der Waals surface area contributed by atoms with Crippen LogP contribution in [0.1, 0.15) is 19.4 Å². The Labute approximate surface area is 142 Å². The van der Waals surface area contributed by atoms with E-state index in [0.717, 1.165) is 16.8 Å². The van der Waals surface area contributed by atoms with Crippen molar-refractivity contribution in [2.24, 2.45) is 7.05 Å². The van der Waals surface area contributed by atoms with Gasteiger partial charge in [-0.1, -0.05) is 30.3 Å². The molecule has 6 nitrogen and oxygen atoms in total. The van der Waals surface area contributed by atoms with E-state index in [0.29, 0.717) is 19.7 Å². The molecule has 0 radical (unpaired) electrons. The Morgan fingerprint density at radius 3 is 2.83 bits per heavy atom. The van der Waals surface area contributed by atoms with Crippen molar-refractivity contribution in [1.82, 2.24) is 20.0 Å². The second-order valence-electron chi connectivity index (χ2n) is 6.21. The molecule has 128 valence electrons. The van der Waals surface area contributed by atoms with Gasteiger partial charge in [-0.05, 0) is 13.8 Å². The van der Waals surface area contributed by atoms with Crippen LogP contribution in [0.5, 0.6) is 0 Å². The van der Waals surface area contributed by atoms with Crippen molar-refractivity contribution in [3.05, 3.63) is 42.1 Å². The van der Waals surface area contributed by atoms with Crippen LogP contribution in [0.25, 0.3) is 11.3 Å². The maximum absolute atomic E-state index is 12.5. The fourth-order valence-corrected chi connectivity index (χ4v) is 3.00. The number of hydrogen-bond acceptors (Lipinski definition) is 3. The van der Waals surface area contributed by atoms with E-state index in [2.05, 4.69) is 10.4 Å². The zero-order valence-electron chi connectivity index (χ0n) is 14.4. The number of benzene rings is 1. The Bertz CT molecular complexity index is 698. The summed E-state index contributed by atoms with van der Waals surface area (Å²) in [4.78, 5) is 14.4. The van der Waals surface area contributed by atoms with Crippen LogP contribution < -0.4 is 5.32 Å². The number of aryl methyl sites for hydroxylation is 1. The number of hydrogen-bond donors (Lipinski definition) is 1. The number of carbonyl (C=O) groups excluding carboxylic acids is 1. The molecular weight excluding hydrogens is 304 g/mol. The van der Waals surface area contributed by atoms with Gasteiger partial charge in [0.15, 0.2) is 0 Å². The quantitative estimate of drug-likeness (QED) is 0.941. The van der Waals surface area contributed by atoms with Gasteiger partial charge in [0.25, 0.3) is 0 Å². The van der Waals surface area contributed by atoms with Gasteiger partial charge in [-0.3, -0.25) is 4.68 Å². The fraction of sp³-hybridized carbons (Fsp3) is 0.444. The fourth-order valence-electron chi connectivity index (χ4n) is 3.00. The lowest BCUT2D eigenvalue weighted by molar-refractivity contribution is -0.0376. The SMILES string of the molecule is C[C@@H]1[C@@H](C)OCCN1C(=O)NCc1cn(C)nc1-c1ccccc1. The minimum atomic E-state index is -0.0551. The average molecular weight is 328 g/mol. The van der Waals surface area contributed by atoms with E-state index in [4.69, 9.17) is 4.74 Å². The van der Waals surface area contributed by atoms with Crippen molar-refractivity contribution in [2.45, 2.75) is 32.5 Å². The number of nitrogens with zero attached hydrogens (tertiary/aromatic N) is 3. The van der Waals surface area contributed by atoms with Crippen LogP contribution in [0.2, 0.25) is 0 Å². The summed E-state index contributed by atoms with van der Waals surface area (Å²) >= 11 is 0. The van der Waals surface area contributed by atoms with Gasteiger partial charge < -0.3 is 15.0 Å². The Hall–Kier alpha value is -2.34. The second-order valence-corrected chi connectivity index (χ2v) is 6.21. The first-order valence-electron chi connectivity index (χ1n) is 8.30. The van der Waals surface area contributed by atoms with Crippen LogP contribution in [0.15, 0.2) is 36.5 Å². The predicted octanol–water partition coefficient (Wildman–Crippen LogP) is 2.41.